The molecule has 1 aromatic carbocycles. The summed E-state index contributed by atoms with van der Waals surface area (Å²) in [6.07, 6.45) is 0. The Hall–Kier alpha value is -1.26. The van der Waals surface area contributed by atoms with Crippen LogP contribution in [-0.4, -0.2) is 26.1 Å². The SMILES string of the molecule is CCN(C(=O)C(C)CN)c1cccc(OC)c1.Cl. The summed E-state index contributed by atoms with van der Waals surface area (Å²) in [5, 5.41) is 0. The number of carbonyl (C=O) groups excluding carboxylic acids is 1. The van der Waals surface area contributed by atoms with E-state index in [1.807, 2.05) is 38.1 Å². The van der Waals surface area contributed by atoms with Crippen molar-refractivity contribution in [3.63, 3.8) is 0 Å². The first-order chi connectivity index (χ1) is 8.13. The Balaban J connectivity index is 0.00000289. The average molecular weight is 273 g/mol. The second-order valence-electron chi connectivity index (χ2n) is 3.92. The first kappa shape index (κ1) is 16.7. The Kier molecular flexibility index (Phi) is 7.39. The molecular formula is C13H21ClN2O2. The lowest BCUT2D eigenvalue weighted by atomic mass is 10.1. The predicted molar refractivity (Wildman–Crippen MR) is 76.5 cm³/mol. The highest BCUT2D eigenvalue weighted by Gasteiger charge is 2.19. The molecule has 0 fully saturated rings. The zero-order valence-corrected chi connectivity index (χ0v) is 11.9. The minimum atomic E-state index is -0.166. The number of nitrogens with two attached hydrogens (primary N) is 1. The summed E-state index contributed by atoms with van der Waals surface area (Å²) in [5.74, 6) is 0.624. The summed E-state index contributed by atoms with van der Waals surface area (Å²) in [7, 11) is 1.61. The Morgan fingerprint density at radius 1 is 1.50 bits per heavy atom. The van der Waals surface area contributed by atoms with Crippen LogP contribution in [0.25, 0.3) is 0 Å². The minimum Gasteiger partial charge on any atom is -0.497 e. The molecule has 0 aliphatic heterocycles. The van der Waals surface area contributed by atoms with Crippen LogP contribution in [0.3, 0.4) is 0 Å². The number of nitrogens with zero attached hydrogens (tertiary/aromatic N) is 1. The highest BCUT2D eigenvalue weighted by atomic mass is 35.5. The molecule has 1 atom stereocenters. The van der Waals surface area contributed by atoms with Crippen LogP contribution in [0.4, 0.5) is 5.69 Å². The van der Waals surface area contributed by atoms with Gasteiger partial charge >= 0.3 is 0 Å². The number of anilines is 1. The number of hydrogen-bond acceptors (Lipinski definition) is 3. The van der Waals surface area contributed by atoms with Gasteiger partial charge in [-0.15, -0.1) is 12.4 Å². The van der Waals surface area contributed by atoms with E-state index in [1.165, 1.54) is 0 Å². The molecule has 0 spiro atoms. The first-order valence-corrected chi connectivity index (χ1v) is 5.79. The molecule has 0 radical (unpaired) electrons. The van der Waals surface area contributed by atoms with Gasteiger partial charge in [0.05, 0.1) is 7.11 Å². The molecule has 5 heteroatoms. The van der Waals surface area contributed by atoms with Crippen molar-refractivity contribution in [3.8, 4) is 5.75 Å². The molecule has 0 aromatic heterocycles. The van der Waals surface area contributed by atoms with Gasteiger partial charge in [-0.3, -0.25) is 4.79 Å². The average Bonchev–Trinajstić information content (AvgIpc) is 2.38. The van der Waals surface area contributed by atoms with Crippen molar-refractivity contribution in [2.45, 2.75) is 13.8 Å². The second kappa shape index (κ2) is 7.95. The molecule has 1 amide bonds. The van der Waals surface area contributed by atoms with Crippen LogP contribution < -0.4 is 15.4 Å². The molecule has 0 aliphatic rings. The van der Waals surface area contributed by atoms with E-state index in [-0.39, 0.29) is 24.2 Å². The summed E-state index contributed by atoms with van der Waals surface area (Å²) in [6, 6.07) is 7.48. The molecule has 1 rings (SSSR count). The van der Waals surface area contributed by atoms with Crippen LogP contribution in [0.5, 0.6) is 5.75 Å². The summed E-state index contributed by atoms with van der Waals surface area (Å²) in [4.78, 5) is 13.8. The highest BCUT2D eigenvalue weighted by Crippen LogP contribution is 2.22. The number of methoxy groups -OCH3 is 1. The van der Waals surface area contributed by atoms with Gasteiger partial charge in [-0.05, 0) is 19.1 Å². The largest absolute Gasteiger partial charge is 0.497 e. The minimum absolute atomic E-state index is 0. The molecule has 0 saturated carbocycles. The molecule has 0 aliphatic carbocycles. The quantitative estimate of drug-likeness (QED) is 0.893. The number of hydrogen-bond donors (Lipinski definition) is 1. The maximum absolute atomic E-state index is 12.1. The van der Waals surface area contributed by atoms with Crippen LogP contribution in [0.2, 0.25) is 0 Å². The lowest BCUT2D eigenvalue weighted by molar-refractivity contribution is -0.121. The molecule has 1 aromatic rings. The number of carbonyl (C=O) groups is 1. The van der Waals surface area contributed by atoms with E-state index in [1.54, 1.807) is 12.0 Å². The standard InChI is InChI=1S/C13H20N2O2.ClH/c1-4-15(13(16)10(2)9-14)11-6-5-7-12(8-11)17-3;/h5-8,10H,4,9,14H2,1-3H3;1H. The van der Waals surface area contributed by atoms with Crippen LogP contribution in [0, 0.1) is 5.92 Å². The van der Waals surface area contributed by atoms with Crippen molar-refractivity contribution < 1.29 is 9.53 Å². The molecule has 2 N–H and O–H groups in total. The Bertz CT molecular complexity index is 385. The van der Waals surface area contributed by atoms with Gasteiger partial charge in [0.25, 0.3) is 0 Å². The van der Waals surface area contributed by atoms with E-state index in [9.17, 15) is 4.79 Å². The van der Waals surface area contributed by atoms with Crippen molar-refractivity contribution in [1.29, 1.82) is 0 Å². The fourth-order valence-corrected chi connectivity index (χ4v) is 1.61. The molecule has 0 heterocycles. The van der Waals surface area contributed by atoms with E-state index < -0.39 is 0 Å². The Labute approximate surface area is 115 Å². The molecule has 102 valence electrons. The van der Waals surface area contributed by atoms with Crippen molar-refractivity contribution in [2.75, 3.05) is 25.1 Å². The summed E-state index contributed by atoms with van der Waals surface area (Å²) < 4.78 is 5.15. The van der Waals surface area contributed by atoms with Gasteiger partial charge in [0.2, 0.25) is 5.91 Å². The predicted octanol–water partition coefficient (Wildman–Crippen LogP) is 2.06. The van der Waals surface area contributed by atoms with Crippen LogP contribution in [-0.2, 0) is 4.79 Å². The topological polar surface area (TPSA) is 55.6 Å². The van der Waals surface area contributed by atoms with Gasteiger partial charge in [0.15, 0.2) is 0 Å². The van der Waals surface area contributed by atoms with Gasteiger partial charge in [-0.2, -0.15) is 0 Å². The van der Waals surface area contributed by atoms with Crippen molar-refractivity contribution in [3.05, 3.63) is 24.3 Å². The van der Waals surface area contributed by atoms with Gasteiger partial charge in [0, 0.05) is 30.8 Å². The molecule has 18 heavy (non-hydrogen) atoms. The number of rotatable bonds is 5. The van der Waals surface area contributed by atoms with Gasteiger partial charge in [0.1, 0.15) is 5.75 Å². The Morgan fingerprint density at radius 2 is 2.17 bits per heavy atom. The van der Waals surface area contributed by atoms with Crippen LogP contribution >= 0.6 is 12.4 Å². The third-order valence-corrected chi connectivity index (χ3v) is 2.72. The zero-order chi connectivity index (χ0) is 12.8. The zero-order valence-electron chi connectivity index (χ0n) is 11.1. The molecule has 0 saturated heterocycles. The lowest BCUT2D eigenvalue weighted by Crippen LogP contribution is -2.37. The normalized spacial score (nSPS) is 11.3. The number of halogens is 1. The smallest absolute Gasteiger partial charge is 0.231 e. The number of amides is 1. The van der Waals surface area contributed by atoms with E-state index in [0.29, 0.717) is 13.1 Å². The monoisotopic (exact) mass is 272 g/mol. The third kappa shape index (κ3) is 3.89. The maximum Gasteiger partial charge on any atom is 0.231 e. The van der Waals surface area contributed by atoms with E-state index >= 15 is 0 Å². The van der Waals surface area contributed by atoms with Crippen molar-refractivity contribution in [1.82, 2.24) is 0 Å². The van der Waals surface area contributed by atoms with Gasteiger partial charge in [-0.1, -0.05) is 13.0 Å². The maximum atomic E-state index is 12.1. The van der Waals surface area contributed by atoms with Crippen LogP contribution in [0.1, 0.15) is 13.8 Å². The van der Waals surface area contributed by atoms with Crippen LogP contribution in [0.15, 0.2) is 24.3 Å². The number of benzene rings is 1. The Morgan fingerprint density at radius 3 is 2.67 bits per heavy atom. The van der Waals surface area contributed by atoms with Gasteiger partial charge < -0.3 is 15.4 Å². The van der Waals surface area contributed by atoms with E-state index in [0.717, 1.165) is 11.4 Å². The van der Waals surface area contributed by atoms with E-state index in [2.05, 4.69) is 0 Å². The highest BCUT2D eigenvalue weighted by molar-refractivity contribution is 5.95. The fraction of sp³-hybridized carbons (Fsp3) is 0.462. The summed E-state index contributed by atoms with van der Waals surface area (Å²) >= 11 is 0. The second-order valence-corrected chi connectivity index (χ2v) is 3.92. The van der Waals surface area contributed by atoms with Gasteiger partial charge in [-0.25, -0.2) is 0 Å². The third-order valence-electron chi connectivity index (χ3n) is 2.72. The molecule has 4 nitrogen and oxygen atoms in total. The summed E-state index contributed by atoms with van der Waals surface area (Å²) in [6.45, 7) is 4.77. The molecular weight excluding hydrogens is 252 g/mol. The fourth-order valence-electron chi connectivity index (χ4n) is 1.61. The van der Waals surface area contributed by atoms with Crippen molar-refractivity contribution >= 4 is 24.0 Å². The lowest BCUT2D eigenvalue weighted by Gasteiger charge is -2.24. The van der Waals surface area contributed by atoms with Crippen molar-refractivity contribution in [2.24, 2.45) is 11.7 Å². The first-order valence-electron chi connectivity index (χ1n) is 5.79. The molecule has 0 bridgehead atoms. The molecule has 1 unspecified atom stereocenters. The van der Waals surface area contributed by atoms with E-state index in [4.69, 9.17) is 10.5 Å². The number of ether oxygens (including phenoxy) is 1. The summed E-state index contributed by atoms with van der Waals surface area (Å²) in [5.41, 5.74) is 6.37.